The van der Waals surface area contributed by atoms with Crippen LogP contribution < -0.4 is 15.4 Å². The molecule has 0 atom stereocenters. The van der Waals surface area contributed by atoms with Crippen LogP contribution in [0.5, 0.6) is 0 Å². The molecule has 3 N–H and O–H groups in total. The van der Waals surface area contributed by atoms with Gasteiger partial charge in [-0.05, 0) is 72.9 Å². The van der Waals surface area contributed by atoms with Crippen LogP contribution in [0.2, 0.25) is 0 Å². The van der Waals surface area contributed by atoms with E-state index in [2.05, 4.69) is 20.1 Å². The molecule has 0 bridgehead atoms. The zero-order valence-electron chi connectivity index (χ0n) is 16.9. The first-order chi connectivity index (χ1) is 15.3. The summed E-state index contributed by atoms with van der Waals surface area (Å²) in [5.74, 6) is -0.969. The standard InChI is InChI=1S/C22H19N3O5S2/c1-30-21(27)16-9-7-15(8-10-16)20(26)24-22(31)23-17-11-13-19(14-12-17)32(28,29)25-18-5-3-2-4-6-18/h2-14,25H,1H3,(H2,23,24,26,31). The van der Waals surface area contributed by atoms with E-state index in [4.69, 9.17) is 12.2 Å². The van der Waals surface area contributed by atoms with Crippen molar-refractivity contribution >= 4 is 50.6 Å². The van der Waals surface area contributed by atoms with Crippen molar-refractivity contribution in [1.82, 2.24) is 5.32 Å². The number of esters is 1. The maximum atomic E-state index is 12.5. The molecule has 0 aliphatic rings. The van der Waals surface area contributed by atoms with Gasteiger partial charge in [0.15, 0.2) is 5.11 Å². The zero-order chi connectivity index (χ0) is 23.1. The van der Waals surface area contributed by atoms with Crippen molar-refractivity contribution in [2.45, 2.75) is 4.90 Å². The first kappa shape index (κ1) is 22.9. The highest BCUT2D eigenvalue weighted by atomic mass is 32.2. The van der Waals surface area contributed by atoms with Gasteiger partial charge in [-0.15, -0.1) is 0 Å². The van der Waals surface area contributed by atoms with Gasteiger partial charge < -0.3 is 10.1 Å². The summed E-state index contributed by atoms with van der Waals surface area (Å²) < 4.78 is 32.1. The van der Waals surface area contributed by atoms with Crippen LogP contribution in [0.15, 0.2) is 83.8 Å². The Morgan fingerprint density at radius 3 is 2.00 bits per heavy atom. The highest BCUT2D eigenvalue weighted by Gasteiger charge is 2.14. The number of anilines is 2. The number of rotatable bonds is 6. The van der Waals surface area contributed by atoms with E-state index < -0.39 is 21.9 Å². The Hall–Kier alpha value is -3.76. The van der Waals surface area contributed by atoms with Crippen LogP contribution in [-0.2, 0) is 14.8 Å². The Morgan fingerprint density at radius 1 is 0.812 bits per heavy atom. The average Bonchev–Trinajstić information content (AvgIpc) is 2.79. The molecule has 3 rings (SSSR count). The lowest BCUT2D eigenvalue weighted by Crippen LogP contribution is -2.34. The molecule has 0 saturated heterocycles. The third kappa shape index (κ3) is 5.90. The quantitative estimate of drug-likeness (QED) is 0.375. The molecule has 32 heavy (non-hydrogen) atoms. The number of carbonyl (C=O) groups excluding carboxylic acids is 2. The number of hydrogen-bond acceptors (Lipinski definition) is 6. The smallest absolute Gasteiger partial charge is 0.337 e. The molecular formula is C22H19N3O5S2. The van der Waals surface area contributed by atoms with Crippen molar-refractivity contribution < 1.29 is 22.7 Å². The van der Waals surface area contributed by atoms with Crippen molar-refractivity contribution in [3.63, 3.8) is 0 Å². The summed E-state index contributed by atoms with van der Waals surface area (Å²) in [7, 11) is -2.47. The molecule has 0 aliphatic carbocycles. The van der Waals surface area contributed by atoms with Gasteiger partial charge in [0.05, 0.1) is 17.6 Å². The highest BCUT2D eigenvalue weighted by Crippen LogP contribution is 2.18. The Balaban J connectivity index is 1.59. The fourth-order valence-corrected chi connectivity index (χ4v) is 3.92. The maximum absolute atomic E-state index is 12.5. The molecule has 0 heterocycles. The van der Waals surface area contributed by atoms with E-state index in [1.165, 1.54) is 55.6 Å². The normalized spacial score (nSPS) is 10.7. The largest absolute Gasteiger partial charge is 0.465 e. The van der Waals surface area contributed by atoms with Crippen molar-refractivity contribution in [2.24, 2.45) is 0 Å². The molecule has 3 aromatic rings. The number of ether oxygens (including phenoxy) is 1. The van der Waals surface area contributed by atoms with E-state index in [9.17, 15) is 18.0 Å². The number of nitrogens with one attached hydrogen (secondary N) is 3. The summed E-state index contributed by atoms with van der Waals surface area (Å²) >= 11 is 5.14. The van der Waals surface area contributed by atoms with Gasteiger partial charge in [-0.2, -0.15) is 0 Å². The number of methoxy groups -OCH3 is 1. The molecule has 8 nitrogen and oxygen atoms in total. The van der Waals surface area contributed by atoms with Crippen LogP contribution in [0.1, 0.15) is 20.7 Å². The molecule has 1 amide bonds. The molecule has 0 radical (unpaired) electrons. The topological polar surface area (TPSA) is 114 Å². The van der Waals surface area contributed by atoms with E-state index in [-0.39, 0.29) is 10.0 Å². The number of benzene rings is 3. The summed E-state index contributed by atoms with van der Waals surface area (Å²) in [5, 5.41) is 5.37. The van der Waals surface area contributed by atoms with Crippen LogP contribution in [-0.4, -0.2) is 32.5 Å². The number of sulfonamides is 1. The first-order valence-electron chi connectivity index (χ1n) is 9.27. The lowest BCUT2D eigenvalue weighted by atomic mass is 10.1. The van der Waals surface area contributed by atoms with Crippen LogP contribution in [0.3, 0.4) is 0 Å². The average molecular weight is 470 g/mol. The molecule has 0 aromatic heterocycles. The predicted octanol–water partition coefficient (Wildman–Crippen LogP) is 3.40. The Morgan fingerprint density at radius 2 is 1.41 bits per heavy atom. The lowest BCUT2D eigenvalue weighted by molar-refractivity contribution is 0.0600. The molecule has 0 spiro atoms. The van der Waals surface area contributed by atoms with Crippen LogP contribution >= 0.6 is 12.2 Å². The number of hydrogen-bond donors (Lipinski definition) is 3. The Labute approximate surface area is 190 Å². The lowest BCUT2D eigenvalue weighted by Gasteiger charge is -2.11. The predicted molar refractivity (Wildman–Crippen MR) is 125 cm³/mol. The minimum Gasteiger partial charge on any atom is -0.465 e. The second-order valence-corrected chi connectivity index (χ2v) is 8.56. The van der Waals surface area contributed by atoms with Crippen LogP contribution in [0, 0.1) is 0 Å². The van der Waals surface area contributed by atoms with Gasteiger partial charge in [-0.3, -0.25) is 14.8 Å². The van der Waals surface area contributed by atoms with Gasteiger partial charge >= 0.3 is 5.97 Å². The minimum atomic E-state index is -3.74. The minimum absolute atomic E-state index is 0.0325. The van der Waals surface area contributed by atoms with Crippen molar-refractivity contribution in [3.05, 3.63) is 90.0 Å². The second-order valence-electron chi connectivity index (χ2n) is 6.47. The van der Waals surface area contributed by atoms with Gasteiger partial charge in [0, 0.05) is 16.9 Å². The number of thiocarbonyl (C=S) groups is 1. The van der Waals surface area contributed by atoms with Gasteiger partial charge in [0.1, 0.15) is 0 Å². The molecule has 0 aliphatic heterocycles. The summed E-state index contributed by atoms with van der Waals surface area (Å²) in [5.41, 5.74) is 1.57. The van der Waals surface area contributed by atoms with Gasteiger partial charge in [-0.1, -0.05) is 18.2 Å². The highest BCUT2D eigenvalue weighted by molar-refractivity contribution is 7.92. The number of para-hydroxylation sites is 1. The summed E-state index contributed by atoms with van der Waals surface area (Å²) in [6.45, 7) is 0. The van der Waals surface area contributed by atoms with E-state index in [0.717, 1.165) is 0 Å². The zero-order valence-corrected chi connectivity index (χ0v) is 18.5. The third-order valence-electron chi connectivity index (χ3n) is 4.24. The van der Waals surface area contributed by atoms with Crippen molar-refractivity contribution in [2.75, 3.05) is 17.1 Å². The summed E-state index contributed by atoms with van der Waals surface area (Å²) in [6, 6.07) is 20.3. The van der Waals surface area contributed by atoms with Crippen molar-refractivity contribution in [1.29, 1.82) is 0 Å². The molecule has 3 aromatic carbocycles. The van der Waals surface area contributed by atoms with Crippen molar-refractivity contribution in [3.8, 4) is 0 Å². The molecular weight excluding hydrogens is 450 g/mol. The van der Waals surface area contributed by atoms with Gasteiger partial charge in [-0.25, -0.2) is 13.2 Å². The molecule has 10 heteroatoms. The van der Waals surface area contributed by atoms with Crippen LogP contribution in [0.4, 0.5) is 11.4 Å². The third-order valence-corrected chi connectivity index (χ3v) is 5.85. The number of amides is 1. The van der Waals surface area contributed by atoms with E-state index in [1.807, 2.05) is 0 Å². The number of carbonyl (C=O) groups is 2. The first-order valence-corrected chi connectivity index (χ1v) is 11.2. The second kappa shape index (κ2) is 10.0. The van der Waals surface area contributed by atoms with E-state index in [0.29, 0.717) is 22.5 Å². The fraction of sp³-hybridized carbons (Fsp3) is 0.0455. The van der Waals surface area contributed by atoms with Crippen LogP contribution in [0.25, 0.3) is 0 Å². The molecule has 0 fully saturated rings. The van der Waals surface area contributed by atoms with E-state index >= 15 is 0 Å². The maximum Gasteiger partial charge on any atom is 0.337 e. The SMILES string of the molecule is COC(=O)c1ccc(C(=O)NC(=S)Nc2ccc(S(=O)(=O)Nc3ccccc3)cc2)cc1. The van der Waals surface area contributed by atoms with Gasteiger partial charge in [0.2, 0.25) is 0 Å². The van der Waals surface area contributed by atoms with Gasteiger partial charge in [0.25, 0.3) is 15.9 Å². The monoisotopic (exact) mass is 469 g/mol. The van der Waals surface area contributed by atoms with E-state index in [1.54, 1.807) is 30.3 Å². The molecule has 0 saturated carbocycles. The molecule has 164 valence electrons. The summed E-state index contributed by atoms with van der Waals surface area (Å²) in [6.07, 6.45) is 0. The fourth-order valence-electron chi connectivity index (χ4n) is 2.65. The Bertz CT molecular complexity index is 1230. The molecule has 0 unspecified atom stereocenters. The summed E-state index contributed by atoms with van der Waals surface area (Å²) in [4.78, 5) is 23.8. The Kier molecular flexibility index (Phi) is 7.18.